The summed E-state index contributed by atoms with van der Waals surface area (Å²) in [5, 5.41) is 26.4. The molecule has 0 saturated carbocycles. The van der Waals surface area contributed by atoms with Crippen LogP contribution in [0.25, 0.3) is 5.65 Å². The van der Waals surface area contributed by atoms with Gasteiger partial charge >= 0.3 is 5.97 Å². The zero-order chi connectivity index (χ0) is 11.5. The standard InChI is InChI=1S/C8H10N6O2/c1-5(4-8(15)16)9-6-2-3-7-10-12-13-14(7)11-6/h2-3,5H,4H2,1H3,(H,9,11)(H,15,16). The lowest BCUT2D eigenvalue weighted by molar-refractivity contribution is -0.137. The molecule has 1 atom stereocenters. The molecule has 8 nitrogen and oxygen atoms in total. The average molecular weight is 222 g/mol. The lowest BCUT2D eigenvalue weighted by Crippen LogP contribution is -2.20. The van der Waals surface area contributed by atoms with Gasteiger partial charge in [-0.25, -0.2) is 0 Å². The summed E-state index contributed by atoms with van der Waals surface area (Å²) in [5.41, 5.74) is 0.538. The lowest BCUT2D eigenvalue weighted by Gasteiger charge is -2.11. The van der Waals surface area contributed by atoms with Gasteiger partial charge in [0.2, 0.25) is 0 Å². The molecule has 16 heavy (non-hydrogen) atoms. The number of hydrogen-bond donors (Lipinski definition) is 2. The predicted octanol–water partition coefficient (Wildman–Crippen LogP) is -0.206. The minimum atomic E-state index is -0.858. The monoisotopic (exact) mass is 222 g/mol. The summed E-state index contributed by atoms with van der Waals surface area (Å²) in [6, 6.07) is 3.19. The third-order valence-electron chi connectivity index (χ3n) is 1.94. The zero-order valence-corrected chi connectivity index (χ0v) is 8.53. The van der Waals surface area contributed by atoms with Crippen LogP contribution in [0.3, 0.4) is 0 Å². The maximum absolute atomic E-state index is 10.5. The van der Waals surface area contributed by atoms with Crippen molar-refractivity contribution in [3.8, 4) is 0 Å². The van der Waals surface area contributed by atoms with Crippen LogP contribution >= 0.6 is 0 Å². The van der Waals surface area contributed by atoms with E-state index in [0.29, 0.717) is 11.5 Å². The SMILES string of the molecule is CC(CC(=O)O)Nc1ccc2nnnn2n1. The van der Waals surface area contributed by atoms with E-state index < -0.39 is 5.97 Å². The fraction of sp³-hybridized carbons (Fsp3) is 0.375. The number of tetrazole rings is 1. The second kappa shape index (κ2) is 4.09. The quantitative estimate of drug-likeness (QED) is 0.737. The van der Waals surface area contributed by atoms with Gasteiger partial charge in [-0.2, -0.15) is 0 Å². The van der Waals surface area contributed by atoms with Gasteiger partial charge in [0.25, 0.3) is 0 Å². The number of carboxylic acid groups (broad SMARTS) is 1. The molecule has 2 N–H and O–H groups in total. The van der Waals surface area contributed by atoms with Crippen LogP contribution in [0.4, 0.5) is 5.82 Å². The number of aliphatic carboxylic acids is 1. The lowest BCUT2D eigenvalue weighted by atomic mass is 10.2. The molecule has 0 saturated heterocycles. The van der Waals surface area contributed by atoms with Crippen LogP contribution in [-0.2, 0) is 4.79 Å². The smallest absolute Gasteiger partial charge is 0.305 e. The number of carbonyl (C=O) groups is 1. The van der Waals surface area contributed by atoms with E-state index in [0.717, 1.165) is 0 Å². The van der Waals surface area contributed by atoms with E-state index in [1.54, 1.807) is 19.1 Å². The second-order valence-corrected chi connectivity index (χ2v) is 3.39. The highest BCUT2D eigenvalue weighted by atomic mass is 16.4. The summed E-state index contributed by atoms with van der Waals surface area (Å²) >= 11 is 0. The van der Waals surface area contributed by atoms with Crippen molar-refractivity contribution >= 4 is 17.4 Å². The minimum Gasteiger partial charge on any atom is -0.481 e. The summed E-state index contributed by atoms with van der Waals surface area (Å²) in [7, 11) is 0. The topological polar surface area (TPSA) is 105 Å². The molecule has 84 valence electrons. The zero-order valence-electron chi connectivity index (χ0n) is 8.53. The number of aromatic nitrogens is 5. The normalized spacial score (nSPS) is 12.6. The molecular formula is C8H10N6O2. The Kier molecular flexibility index (Phi) is 2.63. The summed E-state index contributed by atoms with van der Waals surface area (Å²) in [6.07, 6.45) is 0.0231. The molecule has 2 heterocycles. The molecule has 2 aromatic heterocycles. The highest BCUT2D eigenvalue weighted by molar-refractivity contribution is 5.68. The van der Waals surface area contributed by atoms with Crippen molar-refractivity contribution < 1.29 is 9.90 Å². The molecule has 0 aliphatic rings. The summed E-state index contributed by atoms with van der Waals surface area (Å²) in [5.74, 6) is -0.322. The van der Waals surface area contributed by atoms with Crippen molar-refractivity contribution in [1.82, 2.24) is 25.3 Å². The number of hydrogen-bond acceptors (Lipinski definition) is 6. The van der Waals surface area contributed by atoms with Crippen molar-refractivity contribution in [2.24, 2.45) is 0 Å². The number of carboxylic acids is 1. The Balaban J connectivity index is 2.11. The van der Waals surface area contributed by atoms with E-state index in [1.807, 2.05) is 0 Å². The molecule has 0 aliphatic carbocycles. The number of nitrogens with zero attached hydrogens (tertiary/aromatic N) is 5. The number of nitrogens with one attached hydrogen (secondary N) is 1. The highest BCUT2D eigenvalue weighted by Crippen LogP contribution is 2.06. The fourth-order valence-corrected chi connectivity index (χ4v) is 1.29. The maximum Gasteiger partial charge on any atom is 0.305 e. The summed E-state index contributed by atoms with van der Waals surface area (Å²) < 4.78 is 1.27. The van der Waals surface area contributed by atoms with E-state index >= 15 is 0 Å². The van der Waals surface area contributed by atoms with Gasteiger partial charge in [0.15, 0.2) is 5.65 Å². The molecule has 0 bridgehead atoms. The molecule has 0 aromatic carbocycles. The molecule has 8 heteroatoms. The first kappa shape index (κ1) is 10.3. The van der Waals surface area contributed by atoms with Crippen LogP contribution in [0.1, 0.15) is 13.3 Å². The van der Waals surface area contributed by atoms with E-state index in [4.69, 9.17) is 5.11 Å². The summed E-state index contributed by atoms with van der Waals surface area (Å²) in [4.78, 5) is 10.5. The van der Waals surface area contributed by atoms with Crippen LogP contribution in [0, 0.1) is 0 Å². The molecule has 0 amide bonds. The minimum absolute atomic E-state index is 0.0231. The van der Waals surface area contributed by atoms with Gasteiger partial charge < -0.3 is 10.4 Å². The van der Waals surface area contributed by atoms with Crippen LogP contribution in [0.5, 0.6) is 0 Å². The molecule has 0 aliphatic heterocycles. The van der Waals surface area contributed by atoms with Gasteiger partial charge in [-0.05, 0) is 29.5 Å². The molecular weight excluding hydrogens is 212 g/mol. The first-order valence-electron chi connectivity index (χ1n) is 4.69. The highest BCUT2D eigenvalue weighted by Gasteiger charge is 2.08. The Morgan fingerprint density at radius 3 is 3.19 bits per heavy atom. The Morgan fingerprint density at radius 1 is 1.62 bits per heavy atom. The van der Waals surface area contributed by atoms with Crippen molar-refractivity contribution in [1.29, 1.82) is 0 Å². The second-order valence-electron chi connectivity index (χ2n) is 3.39. The molecule has 1 unspecified atom stereocenters. The Hall–Kier alpha value is -2.25. The van der Waals surface area contributed by atoms with Crippen LogP contribution in [0.2, 0.25) is 0 Å². The fourth-order valence-electron chi connectivity index (χ4n) is 1.29. The van der Waals surface area contributed by atoms with Crippen molar-refractivity contribution in [3.63, 3.8) is 0 Å². The van der Waals surface area contributed by atoms with E-state index in [-0.39, 0.29) is 12.5 Å². The van der Waals surface area contributed by atoms with Crippen LogP contribution in [0.15, 0.2) is 12.1 Å². The largest absolute Gasteiger partial charge is 0.481 e. The third kappa shape index (κ3) is 2.22. The number of anilines is 1. The van der Waals surface area contributed by atoms with E-state index in [1.165, 1.54) is 4.63 Å². The Bertz CT molecular complexity index is 510. The number of rotatable bonds is 4. The molecule has 0 fully saturated rings. The molecule has 0 spiro atoms. The Morgan fingerprint density at radius 2 is 2.44 bits per heavy atom. The van der Waals surface area contributed by atoms with E-state index in [9.17, 15) is 4.79 Å². The number of fused-ring (bicyclic) bond motifs is 1. The van der Waals surface area contributed by atoms with Gasteiger partial charge in [0.05, 0.1) is 6.42 Å². The molecule has 2 rings (SSSR count). The van der Waals surface area contributed by atoms with Crippen LogP contribution < -0.4 is 5.32 Å². The summed E-state index contributed by atoms with van der Waals surface area (Å²) in [6.45, 7) is 1.76. The van der Waals surface area contributed by atoms with Gasteiger partial charge in [0, 0.05) is 6.04 Å². The van der Waals surface area contributed by atoms with Gasteiger partial charge in [-0.15, -0.1) is 14.8 Å². The van der Waals surface area contributed by atoms with Crippen molar-refractivity contribution in [2.45, 2.75) is 19.4 Å². The van der Waals surface area contributed by atoms with Crippen LogP contribution in [-0.4, -0.2) is 42.4 Å². The molecule has 0 radical (unpaired) electrons. The first-order valence-corrected chi connectivity index (χ1v) is 4.69. The van der Waals surface area contributed by atoms with Gasteiger partial charge in [-0.1, -0.05) is 0 Å². The third-order valence-corrected chi connectivity index (χ3v) is 1.94. The maximum atomic E-state index is 10.5. The first-order chi connectivity index (χ1) is 7.65. The molecule has 2 aromatic rings. The van der Waals surface area contributed by atoms with E-state index in [2.05, 4.69) is 25.9 Å². The van der Waals surface area contributed by atoms with Gasteiger partial charge in [-0.3, -0.25) is 4.79 Å². The van der Waals surface area contributed by atoms with Gasteiger partial charge in [0.1, 0.15) is 5.82 Å². The predicted molar refractivity (Wildman–Crippen MR) is 53.9 cm³/mol. The average Bonchev–Trinajstić information content (AvgIpc) is 2.63. The van der Waals surface area contributed by atoms with Crippen molar-refractivity contribution in [3.05, 3.63) is 12.1 Å². The Labute approximate surface area is 90.3 Å². The van der Waals surface area contributed by atoms with Crippen molar-refractivity contribution in [2.75, 3.05) is 5.32 Å².